The van der Waals surface area contributed by atoms with Gasteiger partial charge in [0.2, 0.25) is 5.95 Å². The van der Waals surface area contributed by atoms with Crippen LogP contribution in [0.25, 0.3) is 0 Å². The van der Waals surface area contributed by atoms with Gasteiger partial charge in [0.15, 0.2) is 0 Å². The second-order valence-corrected chi connectivity index (χ2v) is 4.85. The summed E-state index contributed by atoms with van der Waals surface area (Å²) < 4.78 is 38.6. The van der Waals surface area contributed by atoms with Crippen molar-refractivity contribution in [2.45, 2.75) is 44.8 Å². The number of nitrogens with zero attached hydrogens (tertiary/aromatic N) is 2. The van der Waals surface area contributed by atoms with Crippen molar-refractivity contribution >= 4 is 11.8 Å². The molecule has 0 atom stereocenters. The molecule has 0 unspecified atom stereocenters. The highest BCUT2D eigenvalue weighted by molar-refractivity contribution is 5.46. The molecule has 1 heterocycles. The minimum absolute atomic E-state index is 0.0945. The van der Waals surface area contributed by atoms with Crippen molar-refractivity contribution in [3.8, 4) is 0 Å². The third-order valence-corrected chi connectivity index (χ3v) is 3.05. The van der Waals surface area contributed by atoms with E-state index in [1.54, 1.807) is 6.92 Å². The van der Waals surface area contributed by atoms with Crippen LogP contribution in [0.3, 0.4) is 0 Å². The van der Waals surface area contributed by atoms with E-state index >= 15 is 0 Å². The predicted octanol–water partition coefficient (Wildman–Crippen LogP) is 3.11. The molecular formula is C12H17F3N4. The average Bonchev–Trinajstić information content (AvgIpc) is 3.06. The fourth-order valence-corrected chi connectivity index (χ4v) is 1.80. The quantitative estimate of drug-likeness (QED) is 0.866. The van der Waals surface area contributed by atoms with Crippen molar-refractivity contribution < 1.29 is 13.2 Å². The summed E-state index contributed by atoms with van der Waals surface area (Å²) in [6.07, 6.45) is -3.16. The number of alkyl halides is 3. The maximum absolute atomic E-state index is 12.9. The zero-order valence-corrected chi connectivity index (χ0v) is 10.9. The molecule has 1 aliphatic carbocycles. The second-order valence-electron chi connectivity index (χ2n) is 4.85. The van der Waals surface area contributed by atoms with E-state index in [9.17, 15) is 13.2 Å². The van der Waals surface area contributed by atoms with Gasteiger partial charge in [0.25, 0.3) is 0 Å². The summed E-state index contributed by atoms with van der Waals surface area (Å²) in [6.45, 7) is 4.41. The molecule has 0 aliphatic heterocycles. The van der Waals surface area contributed by atoms with Gasteiger partial charge < -0.3 is 10.6 Å². The molecule has 2 rings (SSSR count). The van der Waals surface area contributed by atoms with Crippen molar-refractivity contribution in [2.75, 3.05) is 17.2 Å². The summed E-state index contributed by atoms with van der Waals surface area (Å²) in [7, 11) is 0. The molecule has 1 fully saturated rings. The molecule has 1 aromatic rings. The Labute approximate surface area is 109 Å². The average molecular weight is 274 g/mol. The zero-order valence-electron chi connectivity index (χ0n) is 10.9. The van der Waals surface area contributed by atoms with Gasteiger partial charge in [0.1, 0.15) is 11.4 Å². The monoisotopic (exact) mass is 274 g/mol. The maximum atomic E-state index is 12.9. The first-order chi connectivity index (χ1) is 8.86. The number of nitrogens with one attached hydrogen (secondary N) is 2. The molecule has 0 bridgehead atoms. The lowest BCUT2D eigenvalue weighted by Crippen LogP contribution is -2.39. The molecule has 0 radical (unpaired) electrons. The Morgan fingerprint density at radius 3 is 2.53 bits per heavy atom. The number of hydrogen-bond acceptors (Lipinski definition) is 4. The van der Waals surface area contributed by atoms with Gasteiger partial charge in [-0.25, -0.2) is 4.98 Å². The Morgan fingerprint density at radius 2 is 2.00 bits per heavy atom. The highest BCUT2D eigenvalue weighted by Gasteiger charge is 2.63. The summed E-state index contributed by atoms with van der Waals surface area (Å²) >= 11 is 0. The Balaban J connectivity index is 2.14. The van der Waals surface area contributed by atoms with E-state index in [0.29, 0.717) is 18.2 Å². The number of aromatic nitrogens is 2. The smallest absolute Gasteiger partial charge is 0.356 e. The molecule has 19 heavy (non-hydrogen) atoms. The number of hydrogen-bond donors (Lipinski definition) is 2. The minimum atomic E-state index is -4.25. The predicted molar refractivity (Wildman–Crippen MR) is 67.2 cm³/mol. The van der Waals surface area contributed by atoms with E-state index in [0.717, 1.165) is 6.42 Å². The van der Waals surface area contributed by atoms with Crippen molar-refractivity contribution in [1.29, 1.82) is 0 Å². The lowest BCUT2D eigenvalue weighted by molar-refractivity contribution is -0.151. The lowest BCUT2D eigenvalue weighted by atomic mass is 10.2. The van der Waals surface area contributed by atoms with Crippen molar-refractivity contribution in [1.82, 2.24) is 9.97 Å². The number of anilines is 2. The lowest BCUT2D eigenvalue weighted by Gasteiger charge is -2.21. The molecule has 1 aromatic heterocycles. The van der Waals surface area contributed by atoms with Crippen molar-refractivity contribution in [2.24, 2.45) is 0 Å². The van der Waals surface area contributed by atoms with E-state index in [-0.39, 0.29) is 18.7 Å². The molecular weight excluding hydrogens is 257 g/mol. The fourth-order valence-electron chi connectivity index (χ4n) is 1.80. The minimum Gasteiger partial charge on any atom is -0.356 e. The van der Waals surface area contributed by atoms with Crippen molar-refractivity contribution in [3.63, 3.8) is 0 Å². The van der Waals surface area contributed by atoms with E-state index < -0.39 is 11.7 Å². The number of rotatable bonds is 5. The summed E-state index contributed by atoms with van der Waals surface area (Å²) in [5.74, 6) is 0.586. The molecule has 1 aliphatic rings. The topological polar surface area (TPSA) is 49.8 Å². The largest absolute Gasteiger partial charge is 0.411 e. The Morgan fingerprint density at radius 1 is 1.32 bits per heavy atom. The molecule has 0 amide bonds. The van der Waals surface area contributed by atoms with Crippen LogP contribution in [0.5, 0.6) is 0 Å². The summed E-state index contributed by atoms with van der Waals surface area (Å²) in [5.41, 5.74) is -1.16. The van der Waals surface area contributed by atoms with Gasteiger partial charge in [-0.3, -0.25) is 0 Å². The van der Waals surface area contributed by atoms with Crippen LogP contribution >= 0.6 is 0 Å². The van der Waals surface area contributed by atoms with Gasteiger partial charge in [-0.1, -0.05) is 6.92 Å². The summed E-state index contributed by atoms with van der Waals surface area (Å²) in [4.78, 5) is 8.22. The maximum Gasteiger partial charge on any atom is 0.411 e. The molecule has 4 nitrogen and oxygen atoms in total. The Kier molecular flexibility index (Phi) is 3.56. The molecule has 0 saturated heterocycles. The van der Waals surface area contributed by atoms with E-state index in [1.165, 1.54) is 6.07 Å². The molecule has 0 aromatic carbocycles. The second kappa shape index (κ2) is 4.86. The van der Waals surface area contributed by atoms with Crippen LogP contribution in [0.4, 0.5) is 24.9 Å². The highest BCUT2D eigenvalue weighted by atomic mass is 19.4. The zero-order chi connectivity index (χ0) is 14.1. The molecule has 106 valence electrons. The standard InChI is InChI=1S/C12H17F3N4/c1-3-6-16-10-17-8(2)7-9(18-10)19-11(4-5-11)12(13,14)15/h7H,3-6H2,1-2H3,(H2,16,17,18,19). The van der Waals surface area contributed by atoms with Crippen LogP contribution in [0.15, 0.2) is 6.07 Å². The molecule has 0 spiro atoms. The first kappa shape index (κ1) is 13.9. The van der Waals surface area contributed by atoms with Gasteiger partial charge in [0.05, 0.1) is 0 Å². The van der Waals surface area contributed by atoms with Crippen LogP contribution in [0, 0.1) is 6.92 Å². The van der Waals surface area contributed by atoms with Gasteiger partial charge in [-0.05, 0) is 26.2 Å². The number of halogens is 3. The number of aryl methyl sites for hydroxylation is 1. The van der Waals surface area contributed by atoms with Crippen molar-refractivity contribution in [3.05, 3.63) is 11.8 Å². The van der Waals surface area contributed by atoms with Gasteiger partial charge >= 0.3 is 6.18 Å². The molecule has 2 N–H and O–H groups in total. The van der Waals surface area contributed by atoms with Gasteiger partial charge in [-0.15, -0.1) is 0 Å². The first-order valence-electron chi connectivity index (χ1n) is 6.31. The Hall–Kier alpha value is -1.53. The summed E-state index contributed by atoms with van der Waals surface area (Å²) in [5, 5.41) is 5.49. The summed E-state index contributed by atoms with van der Waals surface area (Å²) in [6, 6.07) is 1.53. The van der Waals surface area contributed by atoms with E-state index in [1.807, 2.05) is 6.92 Å². The van der Waals surface area contributed by atoms with Crippen LogP contribution in [0.1, 0.15) is 31.9 Å². The third kappa shape index (κ3) is 3.08. The van der Waals surface area contributed by atoms with Crippen LogP contribution in [-0.2, 0) is 0 Å². The van der Waals surface area contributed by atoms with Crippen LogP contribution in [0.2, 0.25) is 0 Å². The van der Waals surface area contributed by atoms with Crippen LogP contribution in [-0.4, -0.2) is 28.2 Å². The SMILES string of the molecule is CCCNc1nc(C)cc(NC2(C(F)(F)F)CC2)n1. The van der Waals surface area contributed by atoms with Gasteiger partial charge in [0, 0.05) is 18.3 Å². The fraction of sp³-hybridized carbons (Fsp3) is 0.667. The normalized spacial score (nSPS) is 17.1. The van der Waals surface area contributed by atoms with E-state index in [2.05, 4.69) is 20.6 Å². The van der Waals surface area contributed by atoms with Crippen LogP contribution < -0.4 is 10.6 Å². The highest BCUT2D eigenvalue weighted by Crippen LogP contribution is 2.51. The third-order valence-electron chi connectivity index (χ3n) is 3.05. The first-order valence-corrected chi connectivity index (χ1v) is 6.31. The molecule has 1 saturated carbocycles. The molecule has 7 heteroatoms. The van der Waals surface area contributed by atoms with E-state index in [4.69, 9.17) is 0 Å². The Bertz CT molecular complexity index is 455. The van der Waals surface area contributed by atoms with Gasteiger partial charge in [-0.2, -0.15) is 18.2 Å².